The van der Waals surface area contributed by atoms with E-state index < -0.39 is 5.82 Å². The molecule has 0 N–H and O–H groups in total. The number of hydrogen-bond donors (Lipinski definition) is 0. The molecule has 1 unspecified atom stereocenters. The van der Waals surface area contributed by atoms with Crippen molar-refractivity contribution in [3.63, 3.8) is 0 Å². The van der Waals surface area contributed by atoms with Gasteiger partial charge in [0.1, 0.15) is 0 Å². The van der Waals surface area contributed by atoms with E-state index in [1.807, 2.05) is 0 Å². The van der Waals surface area contributed by atoms with Gasteiger partial charge in [-0.15, -0.1) is 11.6 Å². The van der Waals surface area contributed by atoms with Gasteiger partial charge in [0.05, 0.1) is 12.5 Å². The van der Waals surface area contributed by atoms with Gasteiger partial charge in [0.2, 0.25) is 0 Å². The molecule has 0 fully saturated rings. The monoisotopic (exact) mass is 266 g/mol. The third-order valence-corrected chi connectivity index (χ3v) is 2.62. The smallest absolute Gasteiger partial charge is 0.170 e. The Morgan fingerprint density at radius 2 is 2.15 bits per heavy atom. The molecule has 0 saturated carbocycles. The Morgan fingerprint density at radius 3 is 2.62 bits per heavy atom. The summed E-state index contributed by atoms with van der Waals surface area (Å²) in [6, 6.07) is 3.28. The van der Waals surface area contributed by atoms with Crippen LogP contribution in [0.25, 0.3) is 0 Å². The average Bonchev–Trinajstić information content (AvgIpc) is 2.04. The minimum Gasteiger partial charge on any atom is -0.494 e. The van der Waals surface area contributed by atoms with Crippen molar-refractivity contribution in [2.45, 2.75) is 12.3 Å². The van der Waals surface area contributed by atoms with Crippen LogP contribution in [0.15, 0.2) is 16.6 Å². The molecule has 4 heteroatoms. The fourth-order valence-electron chi connectivity index (χ4n) is 1.07. The Morgan fingerprint density at radius 1 is 1.54 bits per heavy atom. The molecule has 0 heterocycles. The molecule has 72 valence electrons. The van der Waals surface area contributed by atoms with Gasteiger partial charge in [-0.25, -0.2) is 4.39 Å². The van der Waals surface area contributed by atoms with Crippen molar-refractivity contribution < 1.29 is 9.13 Å². The van der Waals surface area contributed by atoms with Gasteiger partial charge < -0.3 is 4.74 Å². The quantitative estimate of drug-likeness (QED) is 0.739. The maximum absolute atomic E-state index is 13.5. The highest BCUT2D eigenvalue weighted by molar-refractivity contribution is 9.10. The van der Waals surface area contributed by atoms with Crippen LogP contribution >= 0.6 is 27.5 Å². The van der Waals surface area contributed by atoms with E-state index in [1.54, 1.807) is 19.1 Å². The van der Waals surface area contributed by atoms with Crippen LogP contribution < -0.4 is 4.74 Å². The van der Waals surface area contributed by atoms with Crippen LogP contribution in [0.3, 0.4) is 0 Å². The Balaban J connectivity index is 3.30. The molecular weight excluding hydrogens is 258 g/mol. The van der Waals surface area contributed by atoms with Crippen LogP contribution in [0.2, 0.25) is 0 Å². The standard InChI is InChI=1S/C9H9BrClFO/c1-5(11)8-6(10)3-4-7(13-2)9(8)12/h3-5H,1-2H3. The van der Waals surface area contributed by atoms with E-state index in [-0.39, 0.29) is 11.1 Å². The van der Waals surface area contributed by atoms with E-state index in [0.29, 0.717) is 10.0 Å². The van der Waals surface area contributed by atoms with E-state index >= 15 is 0 Å². The summed E-state index contributed by atoms with van der Waals surface area (Å²) in [6.07, 6.45) is 0. The second-order valence-electron chi connectivity index (χ2n) is 2.59. The first-order valence-electron chi connectivity index (χ1n) is 3.74. The predicted octanol–water partition coefficient (Wildman–Crippen LogP) is 3.90. The maximum Gasteiger partial charge on any atom is 0.170 e. The maximum atomic E-state index is 13.5. The van der Waals surface area contributed by atoms with Gasteiger partial charge >= 0.3 is 0 Å². The minimum absolute atomic E-state index is 0.214. The van der Waals surface area contributed by atoms with Crippen LogP contribution in [-0.2, 0) is 0 Å². The minimum atomic E-state index is -0.403. The van der Waals surface area contributed by atoms with Crippen LogP contribution in [0.1, 0.15) is 17.9 Å². The zero-order valence-corrected chi connectivity index (χ0v) is 9.62. The number of alkyl halides is 1. The Hall–Kier alpha value is -0.280. The lowest BCUT2D eigenvalue weighted by molar-refractivity contribution is 0.384. The lowest BCUT2D eigenvalue weighted by Gasteiger charge is -2.10. The first kappa shape index (κ1) is 10.8. The molecule has 0 aliphatic rings. The predicted molar refractivity (Wildman–Crippen MR) is 54.9 cm³/mol. The number of methoxy groups -OCH3 is 1. The van der Waals surface area contributed by atoms with E-state index in [9.17, 15) is 4.39 Å². The molecule has 1 atom stereocenters. The van der Waals surface area contributed by atoms with Gasteiger partial charge in [-0.05, 0) is 19.1 Å². The highest BCUT2D eigenvalue weighted by atomic mass is 79.9. The highest BCUT2D eigenvalue weighted by Gasteiger charge is 2.16. The van der Waals surface area contributed by atoms with Gasteiger partial charge in [0, 0.05) is 10.0 Å². The molecule has 1 aromatic carbocycles. The third kappa shape index (κ3) is 2.15. The topological polar surface area (TPSA) is 9.23 Å². The van der Waals surface area contributed by atoms with Crippen molar-refractivity contribution in [2.75, 3.05) is 7.11 Å². The second kappa shape index (κ2) is 4.29. The number of halogens is 3. The third-order valence-electron chi connectivity index (χ3n) is 1.71. The lowest BCUT2D eigenvalue weighted by Crippen LogP contribution is -1.96. The number of hydrogen-bond acceptors (Lipinski definition) is 1. The zero-order valence-electron chi connectivity index (χ0n) is 7.27. The summed E-state index contributed by atoms with van der Waals surface area (Å²) in [5.41, 5.74) is 0.431. The normalized spacial score (nSPS) is 12.7. The Kier molecular flexibility index (Phi) is 3.56. The first-order valence-corrected chi connectivity index (χ1v) is 4.96. The largest absolute Gasteiger partial charge is 0.494 e. The molecule has 0 aliphatic carbocycles. The number of ether oxygens (including phenoxy) is 1. The van der Waals surface area contributed by atoms with Gasteiger partial charge in [0.25, 0.3) is 0 Å². The molecule has 1 rings (SSSR count). The Labute approximate surface area is 90.0 Å². The summed E-state index contributed by atoms with van der Waals surface area (Å²) in [5, 5.41) is -0.385. The summed E-state index contributed by atoms with van der Waals surface area (Å²) in [6.45, 7) is 1.71. The van der Waals surface area contributed by atoms with Crippen LogP contribution in [0.5, 0.6) is 5.75 Å². The van der Waals surface area contributed by atoms with Crippen molar-refractivity contribution in [2.24, 2.45) is 0 Å². The van der Waals surface area contributed by atoms with E-state index in [0.717, 1.165) is 0 Å². The first-order chi connectivity index (χ1) is 6.07. The lowest BCUT2D eigenvalue weighted by atomic mass is 10.1. The number of rotatable bonds is 2. The van der Waals surface area contributed by atoms with Crippen molar-refractivity contribution in [3.05, 3.63) is 28.0 Å². The van der Waals surface area contributed by atoms with E-state index in [1.165, 1.54) is 7.11 Å². The molecular formula is C9H9BrClFO. The molecule has 0 spiro atoms. The fourth-order valence-corrected chi connectivity index (χ4v) is 2.07. The van der Waals surface area contributed by atoms with Crippen molar-refractivity contribution >= 4 is 27.5 Å². The number of benzene rings is 1. The van der Waals surface area contributed by atoms with Crippen LogP contribution in [0.4, 0.5) is 4.39 Å². The van der Waals surface area contributed by atoms with Gasteiger partial charge in [0.15, 0.2) is 11.6 Å². The molecule has 1 aromatic rings. The molecule has 1 nitrogen and oxygen atoms in total. The van der Waals surface area contributed by atoms with Gasteiger partial charge in [-0.2, -0.15) is 0 Å². The summed E-state index contributed by atoms with van der Waals surface area (Å²) < 4.78 is 19.0. The van der Waals surface area contributed by atoms with E-state index in [2.05, 4.69) is 15.9 Å². The van der Waals surface area contributed by atoms with Gasteiger partial charge in [-0.3, -0.25) is 0 Å². The molecule has 0 amide bonds. The van der Waals surface area contributed by atoms with Crippen LogP contribution in [-0.4, -0.2) is 7.11 Å². The van der Waals surface area contributed by atoms with Crippen LogP contribution in [0, 0.1) is 5.82 Å². The molecule has 0 aliphatic heterocycles. The zero-order chi connectivity index (χ0) is 10.0. The van der Waals surface area contributed by atoms with Crippen molar-refractivity contribution in [1.82, 2.24) is 0 Å². The second-order valence-corrected chi connectivity index (χ2v) is 4.10. The van der Waals surface area contributed by atoms with Crippen molar-refractivity contribution in [1.29, 1.82) is 0 Å². The summed E-state index contributed by atoms with van der Waals surface area (Å²) in [5.74, 6) is -0.190. The SMILES string of the molecule is COc1ccc(Br)c(C(C)Cl)c1F. The molecule has 0 aromatic heterocycles. The molecule has 0 radical (unpaired) electrons. The van der Waals surface area contributed by atoms with Crippen molar-refractivity contribution in [3.8, 4) is 5.75 Å². The van der Waals surface area contributed by atoms with Gasteiger partial charge in [-0.1, -0.05) is 15.9 Å². The highest BCUT2D eigenvalue weighted by Crippen LogP contribution is 2.34. The fraction of sp³-hybridized carbons (Fsp3) is 0.333. The van der Waals surface area contributed by atoms with E-state index in [4.69, 9.17) is 16.3 Å². The average molecular weight is 268 g/mol. The summed E-state index contributed by atoms with van der Waals surface area (Å²) in [4.78, 5) is 0. The molecule has 0 bridgehead atoms. The molecule has 0 saturated heterocycles. The summed E-state index contributed by atoms with van der Waals surface area (Å²) >= 11 is 9.05. The Bertz CT molecular complexity index is 315. The summed E-state index contributed by atoms with van der Waals surface area (Å²) in [7, 11) is 1.43. The molecule has 13 heavy (non-hydrogen) atoms.